The van der Waals surface area contributed by atoms with Crippen molar-refractivity contribution in [1.82, 2.24) is 24.6 Å². The Bertz CT molecular complexity index is 919. The zero-order valence-electron chi connectivity index (χ0n) is 14.6. The van der Waals surface area contributed by atoms with Gasteiger partial charge in [-0.1, -0.05) is 30.3 Å². The highest BCUT2D eigenvalue weighted by Gasteiger charge is 2.35. The molecule has 2 aliphatic heterocycles. The molecule has 0 unspecified atom stereocenters. The lowest BCUT2D eigenvalue weighted by Gasteiger charge is -2.34. The number of benzene rings is 1. The first-order valence-electron chi connectivity index (χ1n) is 9.26. The van der Waals surface area contributed by atoms with E-state index in [0.717, 1.165) is 42.8 Å². The summed E-state index contributed by atoms with van der Waals surface area (Å²) in [5.74, 6) is -0.00518. The van der Waals surface area contributed by atoms with Crippen LogP contribution in [0.2, 0.25) is 0 Å². The highest BCUT2D eigenvalue weighted by atomic mass is 16.2. The van der Waals surface area contributed by atoms with Crippen molar-refractivity contribution in [3.63, 3.8) is 0 Å². The minimum Gasteiger partial charge on any atom is -0.348 e. The first kappa shape index (κ1) is 15.4. The summed E-state index contributed by atoms with van der Waals surface area (Å²) >= 11 is 0. The molecule has 1 aromatic carbocycles. The van der Waals surface area contributed by atoms with Crippen molar-refractivity contribution in [3.05, 3.63) is 71.1 Å². The van der Waals surface area contributed by atoms with Gasteiger partial charge in [-0.05, 0) is 30.9 Å². The minimum absolute atomic E-state index is 0.00518. The second-order valence-corrected chi connectivity index (χ2v) is 7.03. The molecular formula is C20H21N5O. The molecule has 0 saturated heterocycles. The van der Waals surface area contributed by atoms with Gasteiger partial charge in [-0.15, -0.1) is 0 Å². The maximum absolute atomic E-state index is 13.3. The van der Waals surface area contributed by atoms with E-state index in [1.807, 2.05) is 33.8 Å². The summed E-state index contributed by atoms with van der Waals surface area (Å²) in [5.41, 5.74) is 4.87. The topological polar surface area (TPSA) is 66.8 Å². The number of aromatic nitrogens is 4. The zero-order chi connectivity index (χ0) is 17.5. The van der Waals surface area contributed by atoms with Crippen molar-refractivity contribution in [3.8, 4) is 0 Å². The van der Waals surface area contributed by atoms with Crippen molar-refractivity contribution in [2.75, 3.05) is 6.54 Å². The molecule has 26 heavy (non-hydrogen) atoms. The van der Waals surface area contributed by atoms with E-state index >= 15 is 0 Å². The summed E-state index contributed by atoms with van der Waals surface area (Å²) in [6, 6.07) is 11.9. The van der Waals surface area contributed by atoms with Crippen molar-refractivity contribution in [2.24, 2.45) is 0 Å². The van der Waals surface area contributed by atoms with Gasteiger partial charge < -0.3 is 9.88 Å². The van der Waals surface area contributed by atoms with Gasteiger partial charge in [0.2, 0.25) is 0 Å². The summed E-state index contributed by atoms with van der Waals surface area (Å²) in [5, 5.41) is 4.59. The number of imidazole rings is 1. The van der Waals surface area contributed by atoms with Crippen molar-refractivity contribution in [2.45, 2.75) is 38.3 Å². The number of amides is 1. The highest BCUT2D eigenvalue weighted by molar-refractivity contribution is 5.93. The lowest BCUT2D eigenvalue weighted by Crippen LogP contribution is -2.41. The van der Waals surface area contributed by atoms with E-state index < -0.39 is 0 Å². The molecule has 3 aromatic rings. The van der Waals surface area contributed by atoms with E-state index in [4.69, 9.17) is 0 Å². The van der Waals surface area contributed by atoms with Crippen LogP contribution in [-0.2, 0) is 19.4 Å². The Labute approximate surface area is 151 Å². The van der Waals surface area contributed by atoms with Gasteiger partial charge in [-0.25, -0.2) is 4.98 Å². The van der Waals surface area contributed by atoms with E-state index in [1.165, 1.54) is 12.1 Å². The summed E-state index contributed by atoms with van der Waals surface area (Å²) in [7, 11) is 0. The van der Waals surface area contributed by atoms with Gasteiger partial charge in [0.05, 0.1) is 12.0 Å². The first-order valence-corrected chi connectivity index (χ1v) is 9.26. The number of aryl methyl sites for hydroxylation is 2. The predicted molar refractivity (Wildman–Crippen MR) is 96.8 cm³/mol. The Hall–Kier alpha value is -2.89. The normalized spacial score (nSPS) is 19.1. The first-order chi connectivity index (χ1) is 12.8. The molecule has 0 saturated carbocycles. The van der Waals surface area contributed by atoms with Crippen molar-refractivity contribution < 1.29 is 4.79 Å². The molecule has 1 N–H and O–H groups in total. The van der Waals surface area contributed by atoms with Crippen LogP contribution >= 0.6 is 0 Å². The van der Waals surface area contributed by atoms with Gasteiger partial charge in [0, 0.05) is 30.9 Å². The van der Waals surface area contributed by atoms with Crippen LogP contribution in [0.15, 0.2) is 42.7 Å². The molecule has 6 heteroatoms. The van der Waals surface area contributed by atoms with E-state index in [2.05, 4.69) is 27.2 Å². The van der Waals surface area contributed by atoms with Crippen LogP contribution in [-0.4, -0.2) is 37.1 Å². The number of aromatic amines is 1. The third-order valence-corrected chi connectivity index (χ3v) is 5.44. The third-order valence-electron chi connectivity index (χ3n) is 5.44. The third kappa shape index (κ3) is 2.44. The number of rotatable bonds is 2. The Morgan fingerprint density at radius 1 is 1.12 bits per heavy atom. The number of carbonyl (C=O) groups is 1. The number of hydrogen-bond acceptors (Lipinski definition) is 3. The maximum Gasteiger partial charge on any atom is 0.275 e. The number of hydrogen-bond donors (Lipinski definition) is 1. The summed E-state index contributed by atoms with van der Waals surface area (Å²) < 4.78 is 2.00. The molecule has 0 bridgehead atoms. The average Bonchev–Trinajstić information content (AvgIpc) is 3.33. The molecule has 2 aromatic heterocycles. The molecule has 0 aliphatic carbocycles. The van der Waals surface area contributed by atoms with E-state index in [9.17, 15) is 4.79 Å². The molecule has 132 valence electrons. The fourth-order valence-corrected chi connectivity index (χ4v) is 4.14. The second kappa shape index (κ2) is 6.12. The van der Waals surface area contributed by atoms with Crippen LogP contribution in [0, 0.1) is 0 Å². The van der Waals surface area contributed by atoms with Crippen molar-refractivity contribution >= 4 is 5.91 Å². The van der Waals surface area contributed by atoms with Crippen LogP contribution in [0.5, 0.6) is 0 Å². The van der Waals surface area contributed by atoms with Crippen LogP contribution in [0.4, 0.5) is 0 Å². The van der Waals surface area contributed by atoms with Gasteiger partial charge in [0.1, 0.15) is 6.04 Å². The number of carbonyl (C=O) groups excluding carboxylic acids is 1. The summed E-state index contributed by atoms with van der Waals surface area (Å²) in [6.45, 7) is 1.57. The van der Waals surface area contributed by atoms with E-state index in [0.29, 0.717) is 12.2 Å². The smallest absolute Gasteiger partial charge is 0.275 e. The molecule has 0 spiro atoms. The fraction of sp³-hybridized carbons (Fsp3) is 0.350. The van der Waals surface area contributed by atoms with Crippen LogP contribution in [0.25, 0.3) is 0 Å². The highest BCUT2D eigenvalue weighted by Crippen LogP contribution is 2.34. The molecule has 0 fully saturated rings. The standard InChI is InChI=1S/C20H21N5O/c26-20(17-12-15-8-4-5-10-25(15)23-17)24-11-9-16-18(22-13-21-16)19(24)14-6-2-1-3-7-14/h1-3,6-7,12-13,19H,4-5,8-11H2,(H,21,22)/t19-/m0/s1. The quantitative estimate of drug-likeness (QED) is 0.775. The Balaban J connectivity index is 1.54. The van der Waals surface area contributed by atoms with Gasteiger partial charge in [-0.2, -0.15) is 5.10 Å². The van der Waals surface area contributed by atoms with Gasteiger partial charge in [0.25, 0.3) is 5.91 Å². The lowest BCUT2D eigenvalue weighted by molar-refractivity contribution is 0.0683. The number of nitrogens with one attached hydrogen (secondary N) is 1. The monoisotopic (exact) mass is 347 g/mol. The van der Waals surface area contributed by atoms with E-state index in [1.54, 1.807) is 6.33 Å². The number of nitrogens with zero attached hydrogens (tertiary/aromatic N) is 4. The van der Waals surface area contributed by atoms with Crippen LogP contribution in [0.3, 0.4) is 0 Å². The average molecular weight is 347 g/mol. The molecule has 4 heterocycles. The maximum atomic E-state index is 13.3. The molecule has 1 amide bonds. The molecular weight excluding hydrogens is 326 g/mol. The largest absolute Gasteiger partial charge is 0.348 e. The Morgan fingerprint density at radius 3 is 2.85 bits per heavy atom. The van der Waals surface area contributed by atoms with Crippen molar-refractivity contribution in [1.29, 1.82) is 0 Å². The van der Waals surface area contributed by atoms with Gasteiger partial charge in [0.15, 0.2) is 5.69 Å². The molecule has 2 aliphatic rings. The molecule has 1 atom stereocenters. The zero-order valence-corrected chi connectivity index (χ0v) is 14.6. The lowest BCUT2D eigenvalue weighted by atomic mass is 9.95. The molecule has 5 rings (SSSR count). The summed E-state index contributed by atoms with van der Waals surface area (Å²) in [4.78, 5) is 23.0. The Morgan fingerprint density at radius 2 is 2.00 bits per heavy atom. The molecule has 6 nitrogen and oxygen atoms in total. The number of H-pyrrole nitrogens is 1. The SMILES string of the molecule is O=C(c1cc2n(n1)CCCC2)N1CCc2[nH]cnc2[C@@H]1c1ccccc1. The predicted octanol–water partition coefficient (Wildman–Crippen LogP) is 2.73. The second-order valence-electron chi connectivity index (χ2n) is 7.03. The molecule has 0 radical (unpaired) electrons. The summed E-state index contributed by atoms with van der Waals surface area (Å²) in [6.07, 6.45) is 5.83. The minimum atomic E-state index is -0.169. The number of fused-ring (bicyclic) bond motifs is 2. The fourth-order valence-electron chi connectivity index (χ4n) is 4.14. The van der Waals surface area contributed by atoms with Crippen LogP contribution < -0.4 is 0 Å². The van der Waals surface area contributed by atoms with Gasteiger partial charge >= 0.3 is 0 Å². The van der Waals surface area contributed by atoms with E-state index in [-0.39, 0.29) is 11.9 Å². The Kier molecular flexibility index (Phi) is 3.62. The van der Waals surface area contributed by atoms with Crippen LogP contribution in [0.1, 0.15) is 52.0 Å². The van der Waals surface area contributed by atoms with Gasteiger partial charge in [-0.3, -0.25) is 9.48 Å².